The van der Waals surface area contributed by atoms with Crippen molar-refractivity contribution in [2.75, 3.05) is 6.54 Å². The topological polar surface area (TPSA) is 102 Å². The minimum absolute atomic E-state index is 0.116. The Labute approximate surface area is 96.5 Å². The number of hydrogen-bond donors (Lipinski definition) is 2. The van der Waals surface area contributed by atoms with Gasteiger partial charge in [0.1, 0.15) is 6.33 Å². The van der Waals surface area contributed by atoms with E-state index in [0.29, 0.717) is 13.0 Å². The number of carboxylic acids is 1. The molecule has 0 aliphatic rings. The van der Waals surface area contributed by atoms with Crippen molar-refractivity contribution >= 4 is 29.2 Å². The first kappa shape index (κ1) is 14.0. The van der Waals surface area contributed by atoms with Gasteiger partial charge in [0.25, 0.3) is 0 Å². The molecular formula is C7H10Cl2N4O2. The molecule has 1 rings (SSSR count). The zero-order valence-corrected chi connectivity index (χ0v) is 9.24. The van der Waals surface area contributed by atoms with Crippen LogP contribution < -0.4 is 5.73 Å². The van der Waals surface area contributed by atoms with Gasteiger partial charge < -0.3 is 10.8 Å². The SMILES string of the molecule is Clc1ncnc(Cl)n1.NCCCC(=O)O. The Hall–Kier alpha value is -0.980. The molecule has 1 heterocycles. The van der Waals surface area contributed by atoms with Gasteiger partial charge in [0, 0.05) is 6.42 Å². The van der Waals surface area contributed by atoms with Crippen LogP contribution in [0.15, 0.2) is 6.33 Å². The van der Waals surface area contributed by atoms with E-state index in [2.05, 4.69) is 15.0 Å². The minimum Gasteiger partial charge on any atom is -0.481 e. The fourth-order valence-electron chi connectivity index (χ4n) is 0.511. The molecule has 84 valence electrons. The summed E-state index contributed by atoms with van der Waals surface area (Å²) in [5, 5.41) is 8.22. The molecule has 3 N–H and O–H groups in total. The molecule has 15 heavy (non-hydrogen) atoms. The molecule has 0 unspecified atom stereocenters. The third kappa shape index (κ3) is 9.33. The monoisotopic (exact) mass is 252 g/mol. The number of halogens is 2. The second-order valence-corrected chi connectivity index (χ2v) is 2.99. The van der Waals surface area contributed by atoms with Gasteiger partial charge in [-0.05, 0) is 36.2 Å². The van der Waals surface area contributed by atoms with E-state index in [1.807, 2.05) is 0 Å². The number of nitrogens with zero attached hydrogens (tertiary/aromatic N) is 3. The van der Waals surface area contributed by atoms with E-state index >= 15 is 0 Å². The smallest absolute Gasteiger partial charge is 0.303 e. The molecular weight excluding hydrogens is 243 g/mol. The summed E-state index contributed by atoms with van der Waals surface area (Å²) in [5.41, 5.74) is 5.01. The predicted molar refractivity (Wildman–Crippen MR) is 55.8 cm³/mol. The molecule has 0 saturated heterocycles. The summed E-state index contributed by atoms with van der Waals surface area (Å²) in [6.07, 6.45) is 2.02. The van der Waals surface area contributed by atoms with Crippen LogP contribution in [-0.2, 0) is 4.79 Å². The van der Waals surface area contributed by atoms with Crippen LogP contribution in [0.5, 0.6) is 0 Å². The van der Waals surface area contributed by atoms with Crippen LogP contribution in [0.1, 0.15) is 12.8 Å². The van der Waals surface area contributed by atoms with Crippen LogP contribution in [0.3, 0.4) is 0 Å². The zero-order valence-electron chi connectivity index (χ0n) is 7.73. The maximum atomic E-state index is 9.70. The maximum absolute atomic E-state index is 9.70. The lowest BCUT2D eigenvalue weighted by molar-refractivity contribution is -0.137. The largest absolute Gasteiger partial charge is 0.481 e. The molecule has 0 saturated carbocycles. The highest BCUT2D eigenvalue weighted by atomic mass is 35.5. The Morgan fingerprint density at radius 1 is 1.40 bits per heavy atom. The Morgan fingerprint density at radius 2 is 1.93 bits per heavy atom. The van der Waals surface area contributed by atoms with E-state index in [4.69, 9.17) is 34.0 Å². The van der Waals surface area contributed by atoms with Crippen molar-refractivity contribution in [2.45, 2.75) is 12.8 Å². The molecule has 6 nitrogen and oxygen atoms in total. The third-order valence-corrected chi connectivity index (χ3v) is 1.47. The molecule has 0 aliphatic heterocycles. The fraction of sp³-hybridized carbons (Fsp3) is 0.429. The van der Waals surface area contributed by atoms with Gasteiger partial charge in [-0.1, -0.05) is 0 Å². The zero-order chi connectivity index (χ0) is 11.7. The minimum atomic E-state index is -0.773. The van der Waals surface area contributed by atoms with Crippen LogP contribution >= 0.6 is 23.2 Å². The summed E-state index contributed by atoms with van der Waals surface area (Å²) < 4.78 is 0. The Morgan fingerprint density at radius 3 is 2.13 bits per heavy atom. The number of aromatic nitrogens is 3. The van der Waals surface area contributed by atoms with Gasteiger partial charge in [-0.3, -0.25) is 4.79 Å². The Kier molecular flexibility index (Phi) is 7.79. The normalized spacial score (nSPS) is 9.00. The van der Waals surface area contributed by atoms with Crippen LogP contribution in [0.4, 0.5) is 0 Å². The van der Waals surface area contributed by atoms with Gasteiger partial charge >= 0.3 is 5.97 Å². The van der Waals surface area contributed by atoms with E-state index < -0.39 is 5.97 Å². The molecule has 0 aromatic carbocycles. The number of hydrogen-bond acceptors (Lipinski definition) is 5. The van der Waals surface area contributed by atoms with Crippen LogP contribution in [-0.4, -0.2) is 32.6 Å². The summed E-state index contributed by atoms with van der Waals surface area (Å²) in [4.78, 5) is 20.2. The summed E-state index contributed by atoms with van der Waals surface area (Å²) in [6, 6.07) is 0. The van der Waals surface area contributed by atoms with Crippen LogP contribution in [0.2, 0.25) is 10.6 Å². The Balaban J connectivity index is 0.000000265. The average molecular weight is 253 g/mol. The second kappa shape index (κ2) is 8.34. The summed E-state index contributed by atoms with van der Waals surface area (Å²) in [5.74, 6) is -0.773. The van der Waals surface area contributed by atoms with Gasteiger partial charge in [-0.2, -0.15) is 4.98 Å². The van der Waals surface area contributed by atoms with E-state index in [1.54, 1.807) is 0 Å². The molecule has 0 atom stereocenters. The standard InChI is InChI=1S/C4H9NO2.C3HCl2N3/c5-3-1-2-4(6)7;4-2-6-1-7-3(5)8-2/h1-3,5H2,(H,6,7);1H. The average Bonchev–Trinajstić information content (AvgIpc) is 2.15. The van der Waals surface area contributed by atoms with Crippen LogP contribution in [0.25, 0.3) is 0 Å². The first-order valence-corrected chi connectivity index (χ1v) is 4.73. The highest BCUT2D eigenvalue weighted by Crippen LogP contribution is 2.00. The number of nitrogens with two attached hydrogens (primary N) is 1. The highest BCUT2D eigenvalue weighted by Gasteiger charge is 1.91. The predicted octanol–water partition coefficient (Wildman–Crippen LogP) is 0.988. The summed E-state index contributed by atoms with van der Waals surface area (Å²) >= 11 is 10.6. The van der Waals surface area contributed by atoms with Gasteiger partial charge in [0.05, 0.1) is 0 Å². The lowest BCUT2D eigenvalue weighted by Crippen LogP contribution is -2.02. The third-order valence-electron chi connectivity index (χ3n) is 1.11. The van der Waals surface area contributed by atoms with Crippen molar-refractivity contribution in [2.24, 2.45) is 5.73 Å². The van der Waals surface area contributed by atoms with E-state index in [9.17, 15) is 4.79 Å². The molecule has 8 heteroatoms. The van der Waals surface area contributed by atoms with Crippen molar-refractivity contribution in [1.82, 2.24) is 15.0 Å². The molecule has 1 aromatic rings. The molecule has 0 radical (unpaired) electrons. The van der Waals surface area contributed by atoms with Crippen molar-refractivity contribution in [3.8, 4) is 0 Å². The van der Waals surface area contributed by atoms with E-state index in [1.165, 1.54) is 6.33 Å². The van der Waals surface area contributed by atoms with Crippen molar-refractivity contribution in [3.63, 3.8) is 0 Å². The molecule has 0 aliphatic carbocycles. The fourth-order valence-corrected chi connectivity index (χ4v) is 0.802. The first-order chi connectivity index (χ1) is 7.06. The lowest BCUT2D eigenvalue weighted by Gasteiger charge is -1.86. The first-order valence-electron chi connectivity index (χ1n) is 3.98. The van der Waals surface area contributed by atoms with Gasteiger partial charge in [-0.25, -0.2) is 9.97 Å². The number of carbonyl (C=O) groups is 1. The molecule has 0 bridgehead atoms. The highest BCUT2D eigenvalue weighted by molar-refractivity contribution is 6.30. The van der Waals surface area contributed by atoms with Crippen molar-refractivity contribution < 1.29 is 9.90 Å². The molecule has 0 fully saturated rings. The molecule has 0 amide bonds. The number of rotatable bonds is 3. The summed E-state index contributed by atoms with van der Waals surface area (Å²) in [6.45, 7) is 0.465. The quantitative estimate of drug-likeness (QED) is 0.832. The van der Waals surface area contributed by atoms with Crippen molar-refractivity contribution in [1.29, 1.82) is 0 Å². The van der Waals surface area contributed by atoms with Gasteiger partial charge in [0.2, 0.25) is 10.6 Å². The van der Waals surface area contributed by atoms with Gasteiger partial charge in [-0.15, -0.1) is 0 Å². The lowest BCUT2D eigenvalue weighted by atomic mass is 10.3. The van der Waals surface area contributed by atoms with Gasteiger partial charge in [0.15, 0.2) is 0 Å². The second-order valence-electron chi connectivity index (χ2n) is 2.31. The molecule has 1 aromatic heterocycles. The number of aliphatic carboxylic acids is 1. The van der Waals surface area contributed by atoms with Crippen molar-refractivity contribution in [3.05, 3.63) is 16.9 Å². The van der Waals surface area contributed by atoms with E-state index in [0.717, 1.165) is 0 Å². The maximum Gasteiger partial charge on any atom is 0.303 e. The van der Waals surface area contributed by atoms with E-state index in [-0.39, 0.29) is 17.0 Å². The van der Waals surface area contributed by atoms with Crippen LogP contribution in [0, 0.1) is 0 Å². The summed E-state index contributed by atoms with van der Waals surface area (Å²) in [7, 11) is 0. The number of carboxylic acid groups (broad SMARTS) is 1. The molecule has 0 spiro atoms. The Bertz CT molecular complexity index is 294.